The number of methoxy groups -OCH3 is 1. The number of ether oxygens (including phenoxy) is 2. The van der Waals surface area contributed by atoms with Gasteiger partial charge in [0.15, 0.2) is 0 Å². The Kier molecular flexibility index (Phi) is 5.37. The van der Waals surface area contributed by atoms with Gasteiger partial charge >= 0.3 is 0 Å². The molecule has 3 aliphatic rings. The number of benzene rings is 1. The molecule has 4 rings (SSSR count). The lowest BCUT2D eigenvalue weighted by atomic mass is 9.85. The zero-order valence-electron chi connectivity index (χ0n) is 16.3. The lowest BCUT2D eigenvalue weighted by molar-refractivity contribution is -0.0950. The Morgan fingerprint density at radius 2 is 2.14 bits per heavy atom. The van der Waals surface area contributed by atoms with E-state index in [1.807, 2.05) is 0 Å². The molecule has 8 heteroatoms. The van der Waals surface area contributed by atoms with Gasteiger partial charge in [-0.15, -0.1) is 0 Å². The maximum Gasteiger partial charge on any atom is 0.254 e. The lowest BCUT2D eigenvalue weighted by Crippen LogP contribution is -2.63. The van der Waals surface area contributed by atoms with E-state index in [9.17, 15) is 13.2 Å². The van der Waals surface area contributed by atoms with Crippen LogP contribution in [-0.2, 0) is 19.5 Å². The highest BCUT2D eigenvalue weighted by Crippen LogP contribution is 2.39. The first-order valence-corrected chi connectivity index (χ1v) is 11.6. The number of hydrogen-bond acceptors (Lipinski definition) is 5. The van der Waals surface area contributed by atoms with Gasteiger partial charge in [-0.25, -0.2) is 8.42 Å². The normalized spacial score (nSPS) is 25.7. The fourth-order valence-electron chi connectivity index (χ4n) is 4.48. The topological polar surface area (TPSA) is 76.2 Å². The summed E-state index contributed by atoms with van der Waals surface area (Å²) in [5.74, 6) is 0.595. The SMILES string of the molecule is COCCC1COC2(C1)CN(C(=O)c1cccc(N3CCCCS3(=O)=O)c1)C2. The number of amides is 1. The monoisotopic (exact) mass is 408 g/mol. The standard InChI is InChI=1S/C20H28N2O5S/c1-26-9-7-16-12-20(27-13-16)14-21(15-20)19(23)17-5-4-6-18(11-17)22-8-2-3-10-28(22,24)25/h4-6,11,16H,2-3,7-10,12-15H2,1H3. The second-order valence-corrected chi connectivity index (χ2v) is 10.2. The number of likely N-dealkylation sites (tertiary alicyclic amines) is 1. The predicted molar refractivity (Wildman–Crippen MR) is 106 cm³/mol. The van der Waals surface area contributed by atoms with Crippen LogP contribution >= 0.6 is 0 Å². The number of hydrogen-bond donors (Lipinski definition) is 0. The van der Waals surface area contributed by atoms with Gasteiger partial charge in [-0.1, -0.05) is 6.07 Å². The zero-order valence-corrected chi connectivity index (χ0v) is 17.1. The summed E-state index contributed by atoms with van der Waals surface area (Å²) in [4.78, 5) is 14.7. The summed E-state index contributed by atoms with van der Waals surface area (Å²) in [6, 6.07) is 6.98. The van der Waals surface area contributed by atoms with Crippen molar-refractivity contribution in [2.24, 2.45) is 5.92 Å². The van der Waals surface area contributed by atoms with Crippen LogP contribution in [-0.4, -0.2) is 70.5 Å². The van der Waals surface area contributed by atoms with E-state index in [0.29, 0.717) is 43.2 Å². The van der Waals surface area contributed by atoms with Gasteiger partial charge in [-0.3, -0.25) is 9.10 Å². The van der Waals surface area contributed by atoms with Crippen LogP contribution in [0.4, 0.5) is 5.69 Å². The highest BCUT2D eigenvalue weighted by molar-refractivity contribution is 7.92. The second-order valence-electron chi connectivity index (χ2n) is 8.15. The van der Waals surface area contributed by atoms with Crippen LogP contribution in [0.5, 0.6) is 0 Å². The van der Waals surface area contributed by atoms with E-state index in [1.54, 1.807) is 36.3 Å². The molecule has 0 saturated carbocycles. The van der Waals surface area contributed by atoms with Gasteiger partial charge < -0.3 is 14.4 Å². The molecule has 3 fully saturated rings. The molecule has 3 aliphatic heterocycles. The number of anilines is 1. The van der Waals surface area contributed by atoms with E-state index in [1.165, 1.54) is 4.31 Å². The van der Waals surface area contributed by atoms with Crippen LogP contribution in [0.1, 0.15) is 36.0 Å². The summed E-state index contributed by atoms with van der Waals surface area (Å²) in [6.07, 6.45) is 3.48. The minimum absolute atomic E-state index is 0.0641. The largest absolute Gasteiger partial charge is 0.385 e. The number of nitrogens with zero attached hydrogens (tertiary/aromatic N) is 2. The first-order valence-electron chi connectivity index (χ1n) is 9.95. The number of carbonyl (C=O) groups is 1. The van der Waals surface area contributed by atoms with Crippen molar-refractivity contribution in [1.82, 2.24) is 4.90 Å². The van der Waals surface area contributed by atoms with E-state index >= 15 is 0 Å². The summed E-state index contributed by atoms with van der Waals surface area (Å²) >= 11 is 0. The molecule has 0 aromatic heterocycles. The maximum absolute atomic E-state index is 12.9. The third-order valence-electron chi connectivity index (χ3n) is 5.99. The molecule has 0 aliphatic carbocycles. The minimum atomic E-state index is -3.28. The fourth-order valence-corrected chi connectivity index (χ4v) is 6.11. The molecule has 0 N–H and O–H groups in total. The average molecular weight is 409 g/mol. The van der Waals surface area contributed by atoms with Crippen molar-refractivity contribution in [2.75, 3.05) is 50.0 Å². The molecular formula is C20H28N2O5S. The molecule has 1 aromatic carbocycles. The van der Waals surface area contributed by atoms with Crippen molar-refractivity contribution in [3.8, 4) is 0 Å². The summed E-state index contributed by atoms with van der Waals surface area (Å²) < 4.78 is 37.3. The Labute approximate surface area is 166 Å². The second kappa shape index (κ2) is 7.65. The van der Waals surface area contributed by atoms with Crippen LogP contribution in [0.2, 0.25) is 0 Å². The molecule has 154 valence electrons. The molecule has 7 nitrogen and oxygen atoms in total. The average Bonchev–Trinajstić information content (AvgIpc) is 3.09. The Hall–Kier alpha value is -1.64. The summed E-state index contributed by atoms with van der Waals surface area (Å²) in [5, 5.41) is 0. The van der Waals surface area contributed by atoms with E-state index < -0.39 is 10.0 Å². The van der Waals surface area contributed by atoms with Gasteiger partial charge in [0.2, 0.25) is 10.0 Å². The molecule has 3 saturated heterocycles. The molecule has 28 heavy (non-hydrogen) atoms. The summed E-state index contributed by atoms with van der Waals surface area (Å²) in [7, 11) is -1.58. The molecule has 0 radical (unpaired) electrons. The molecule has 1 spiro atoms. The number of sulfonamides is 1. The van der Waals surface area contributed by atoms with Crippen molar-refractivity contribution in [1.29, 1.82) is 0 Å². The molecule has 1 unspecified atom stereocenters. The van der Waals surface area contributed by atoms with E-state index in [4.69, 9.17) is 9.47 Å². The molecule has 1 amide bonds. The number of carbonyl (C=O) groups excluding carboxylic acids is 1. The van der Waals surface area contributed by atoms with Crippen LogP contribution in [0.25, 0.3) is 0 Å². The Balaban J connectivity index is 1.40. The highest BCUT2D eigenvalue weighted by Gasteiger charge is 2.51. The van der Waals surface area contributed by atoms with Crippen molar-refractivity contribution >= 4 is 21.6 Å². The minimum Gasteiger partial charge on any atom is -0.385 e. The quantitative estimate of drug-likeness (QED) is 0.744. The van der Waals surface area contributed by atoms with Crippen LogP contribution in [0.15, 0.2) is 24.3 Å². The molecule has 0 bridgehead atoms. The van der Waals surface area contributed by atoms with Gasteiger partial charge in [0, 0.05) is 25.8 Å². The summed E-state index contributed by atoms with van der Waals surface area (Å²) in [5.41, 5.74) is 0.904. The first-order chi connectivity index (χ1) is 13.4. The maximum atomic E-state index is 12.9. The first kappa shape index (κ1) is 19.7. The van der Waals surface area contributed by atoms with Crippen molar-refractivity contribution in [2.45, 2.75) is 31.3 Å². The Bertz CT molecular complexity index is 835. The predicted octanol–water partition coefficient (Wildman–Crippen LogP) is 1.88. The zero-order chi connectivity index (χ0) is 19.8. The van der Waals surface area contributed by atoms with Gasteiger partial charge in [0.1, 0.15) is 5.60 Å². The summed E-state index contributed by atoms with van der Waals surface area (Å²) in [6.45, 7) is 3.14. The third kappa shape index (κ3) is 3.77. The van der Waals surface area contributed by atoms with Crippen molar-refractivity contribution in [3.63, 3.8) is 0 Å². The van der Waals surface area contributed by atoms with Crippen molar-refractivity contribution < 1.29 is 22.7 Å². The molecular weight excluding hydrogens is 380 g/mol. The van der Waals surface area contributed by atoms with Gasteiger partial charge in [0.25, 0.3) is 5.91 Å². The van der Waals surface area contributed by atoms with Gasteiger partial charge in [-0.05, 0) is 49.8 Å². The Morgan fingerprint density at radius 3 is 2.89 bits per heavy atom. The van der Waals surface area contributed by atoms with Crippen LogP contribution < -0.4 is 4.31 Å². The van der Waals surface area contributed by atoms with E-state index in [-0.39, 0.29) is 17.3 Å². The Morgan fingerprint density at radius 1 is 1.32 bits per heavy atom. The van der Waals surface area contributed by atoms with Crippen LogP contribution in [0.3, 0.4) is 0 Å². The number of rotatable bonds is 5. The van der Waals surface area contributed by atoms with E-state index in [0.717, 1.165) is 32.5 Å². The van der Waals surface area contributed by atoms with E-state index in [2.05, 4.69) is 0 Å². The highest BCUT2D eigenvalue weighted by atomic mass is 32.2. The van der Waals surface area contributed by atoms with Crippen molar-refractivity contribution in [3.05, 3.63) is 29.8 Å². The molecule has 1 aromatic rings. The third-order valence-corrected chi connectivity index (χ3v) is 7.86. The fraction of sp³-hybridized carbons (Fsp3) is 0.650. The lowest BCUT2D eigenvalue weighted by Gasteiger charge is -2.47. The smallest absolute Gasteiger partial charge is 0.254 e. The van der Waals surface area contributed by atoms with Gasteiger partial charge in [-0.2, -0.15) is 0 Å². The van der Waals surface area contributed by atoms with Crippen LogP contribution in [0, 0.1) is 5.92 Å². The molecule has 1 atom stereocenters. The molecule has 3 heterocycles. The van der Waals surface area contributed by atoms with Gasteiger partial charge in [0.05, 0.1) is 31.1 Å².